The van der Waals surface area contributed by atoms with E-state index in [0.29, 0.717) is 17.1 Å². The molecule has 0 radical (unpaired) electrons. The molecule has 2 amide bonds. The Bertz CT molecular complexity index is 745. The lowest BCUT2D eigenvalue weighted by molar-refractivity contribution is -0.127. The van der Waals surface area contributed by atoms with Gasteiger partial charge >= 0.3 is 0 Å². The van der Waals surface area contributed by atoms with Crippen LogP contribution in [0.3, 0.4) is 0 Å². The SMILES string of the molecule is Cc1ccc(Cl)cc1NC(=O)C(NC(=O)CC(C)C)c1ccccc1. The van der Waals surface area contributed by atoms with Crippen LogP contribution in [0.4, 0.5) is 5.69 Å². The number of rotatable bonds is 6. The molecule has 0 fully saturated rings. The Morgan fingerprint density at radius 1 is 1.08 bits per heavy atom. The molecule has 2 aromatic carbocycles. The zero-order chi connectivity index (χ0) is 18.4. The van der Waals surface area contributed by atoms with Crippen molar-refractivity contribution in [2.24, 2.45) is 5.92 Å². The van der Waals surface area contributed by atoms with E-state index in [1.165, 1.54) is 0 Å². The van der Waals surface area contributed by atoms with Gasteiger partial charge in [-0.2, -0.15) is 0 Å². The molecule has 1 unspecified atom stereocenters. The van der Waals surface area contributed by atoms with Crippen LogP contribution < -0.4 is 10.6 Å². The molecule has 0 saturated carbocycles. The van der Waals surface area contributed by atoms with Crippen molar-refractivity contribution in [1.82, 2.24) is 5.32 Å². The zero-order valence-corrected chi connectivity index (χ0v) is 15.4. The van der Waals surface area contributed by atoms with E-state index >= 15 is 0 Å². The topological polar surface area (TPSA) is 58.2 Å². The van der Waals surface area contributed by atoms with Crippen molar-refractivity contribution in [1.29, 1.82) is 0 Å². The average Bonchev–Trinajstić information content (AvgIpc) is 2.56. The Morgan fingerprint density at radius 3 is 2.40 bits per heavy atom. The largest absolute Gasteiger partial charge is 0.341 e. The Labute approximate surface area is 153 Å². The zero-order valence-electron chi connectivity index (χ0n) is 14.7. The molecule has 25 heavy (non-hydrogen) atoms. The number of carbonyl (C=O) groups is 2. The lowest BCUT2D eigenvalue weighted by atomic mass is 10.0. The minimum atomic E-state index is -0.758. The molecule has 132 valence electrons. The molecule has 0 aliphatic rings. The first-order valence-electron chi connectivity index (χ1n) is 8.28. The highest BCUT2D eigenvalue weighted by Crippen LogP contribution is 2.22. The minimum Gasteiger partial charge on any atom is -0.341 e. The van der Waals surface area contributed by atoms with Crippen LogP contribution in [-0.2, 0) is 9.59 Å². The molecule has 0 saturated heterocycles. The molecule has 5 heteroatoms. The fraction of sp³-hybridized carbons (Fsp3) is 0.300. The van der Waals surface area contributed by atoms with Crippen LogP contribution in [0.2, 0.25) is 5.02 Å². The number of aryl methyl sites for hydroxylation is 1. The molecule has 2 aromatic rings. The second-order valence-electron chi connectivity index (χ2n) is 6.46. The van der Waals surface area contributed by atoms with E-state index in [1.54, 1.807) is 12.1 Å². The molecule has 2 rings (SSSR count). The highest BCUT2D eigenvalue weighted by atomic mass is 35.5. The van der Waals surface area contributed by atoms with Crippen LogP contribution in [0.1, 0.15) is 37.4 Å². The van der Waals surface area contributed by atoms with Gasteiger partial charge in [-0.3, -0.25) is 9.59 Å². The summed E-state index contributed by atoms with van der Waals surface area (Å²) in [7, 11) is 0. The molecular formula is C20H23ClN2O2. The van der Waals surface area contributed by atoms with Crippen molar-refractivity contribution in [3.63, 3.8) is 0 Å². The van der Waals surface area contributed by atoms with Gasteiger partial charge in [0.15, 0.2) is 0 Å². The van der Waals surface area contributed by atoms with Crippen molar-refractivity contribution in [2.45, 2.75) is 33.2 Å². The van der Waals surface area contributed by atoms with Crippen molar-refractivity contribution in [3.05, 3.63) is 64.7 Å². The first kappa shape index (κ1) is 19.0. The van der Waals surface area contributed by atoms with Gasteiger partial charge in [0, 0.05) is 17.1 Å². The van der Waals surface area contributed by atoms with Gasteiger partial charge in [-0.05, 0) is 36.1 Å². The molecule has 0 bridgehead atoms. The predicted molar refractivity (Wildman–Crippen MR) is 102 cm³/mol. The van der Waals surface area contributed by atoms with E-state index < -0.39 is 6.04 Å². The molecular weight excluding hydrogens is 336 g/mol. The van der Waals surface area contributed by atoms with Gasteiger partial charge in [-0.25, -0.2) is 0 Å². The smallest absolute Gasteiger partial charge is 0.251 e. The Kier molecular flexibility index (Phi) is 6.59. The van der Waals surface area contributed by atoms with Crippen LogP contribution in [0.5, 0.6) is 0 Å². The quantitative estimate of drug-likeness (QED) is 0.799. The summed E-state index contributed by atoms with van der Waals surface area (Å²) in [6, 6.07) is 13.8. The van der Waals surface area contributed by atoms with E-state index in [4.69, 9.17) is 11.6 Å². The van der Waals surface area contributed by atoms with Gasteiger partial charge in [0.2, 0.25) is 5.91 Å². The molecule has 0 spiro atoms. The Balaban J connectivity index is 2.23. The summed E-state index contributed by atoms with van der Waals surface area (Å²) in [4.78, 5) is 25.0. The van der Waals surface area contributed by atoms with E-state index in [-0.39, 0.29) is 17.7 Å². The molecule has 0 heterocycles. The lowest BCUT2D eigenvalue weighted by Gasteiger charge is -2.20. The summed E-state index contributed by atoms with van der Waals surface area (Å²) < 4.78 is 0. The van der Waals surface area contributed by atoms with Gasteiger partial charge in [0.1, 0.15) is 6.04 Å². The summed E-state index contributed by atoms with van der Waals surface area (Å²) in [6.07, 6.45) is 0.368. The third-order valence-corrected chi connectivity index (χ3v) is 3.99. The molecule has 4 nitrogen and oxygen atoms in total. The average molecular weight is 359 g/mol. The number of anilines is 1. The first-order valence-corrected chi connectivity index (χ1v) is 8.66. The van der Waals surface area contributed by atoms with E-state index in [0.717, 1.165) is 11.1 Å². The number of hydrogen-bond donors (Lipinski definition) is 2. The van der Waals surface area contributed by atoms with Gasteiger partial charge < -0.3 is 10.6 Å². The Morgan fingerprint density at radius 2 is 1.76 bits per heavy atom. The third kappa shape index (κ3) is 5.61. The van der Waals surface area contributed by atoms with Crippen LogP contribution in [0, 0.1) is 12.8 Å². The summed E-state index contributed by atoms with van der Waals surface area (Å²) in [6.45, 7) is 5.82. The van der Waals surface area contributed by atoms with Crippen molar-refractivity contribution >= 4 is 29.1 Å². The number of hydrogen-bond acceptors (Lipinski definition) is 2. The summed E-state index contributed by atoms with van der Waals surface area (Å²) in [5.41, 5.74) is 2.27. The highest BCUT2D eigenvalue weighted by Gasteiger charge is 2.23. The first-order chi connectivity index (χ1) is 11.9. The third-order valence-electron chi connectivity index (χ3n) is 3.75. The molecule has 0 aliphatic heterocycles. The lowest BCUT2D eigenvalue weighted by Crippen LogP contribution is -2.37. The number of halogens is 1. The summed E-state index contributed by atoms with van der Waals surface area (Å²) in [5.74, 6) is -0.231. The standard InChI is InChI=1S/C20H23ClN2O2/c1-13(2)11-18(24)23-19(15-7-5-4-6-8-15)20(25)22-17-12-16(21)10-9-14(17)3/h4-10,12-13,19H,11H2,1-3H3,(H,22,25)(H,23,24). The number of nitrogens with one attached hydrogen (secondary N) is 2. The van der Waals surface area contributed by atoms with E-state index in [2.05, 4.69) is 10.6 Å². The van der Waals surface area contributed by atoms with Gasteiger partial charge in [-0.15, -0.1) is 0 Å². The maximum Gasteiger partial charge on any atom is 0.251 e. The van der Waals surface area contributed by atoms with Gasteiger partial charge in [0.25, 0.3) is 5.91 Å². The number of carbonyl (C=O) groups excluding carboxylic acids is 2. The van der Waals surface area contributed by atoms with Crippen molar-refractivity contribution < 1.29 is 9.59 Å². The monoisotopic (exact) mass is 358 g/mol. The fourth-order valence-electron chi connectivity index (χ4n) is 2.47. The van der Waals surface area contributed by atoms with Crippen molar-refractivity contribution in [3.8, 4) is 0 Å². The van der Waals surface area contributed by atoms with E-state index in [9.17, 15) is 9.59 Å². The molecule has 0 aliphatic carbocycles. The van der Waals surface area contributed by atoms with Crippen LogP contribution in [0.15, 0.2) is 48.5 Å². The van der Waals surface area contributed by atoms with Gasteiger partial charge in [0.05, 0.1) is 0 Å². The second-order valence-corrected chi connectivity index (χ2v) is 6.89. The maximum absolute atomic E-state index is 12.8. The predicted octanol–water partition coefficient (Wildman–Crippen LogP) is 4.49. The number of amides is 2. The maximum atomic E-state index is 12.8. The van der Waals surface area contributed by atoms with Gasteiger partial charge in [-0.1, -0.05) is 61.8 Å². The second kappa shape index (κ2) is 8.67. The number of benzene rings is 2. The molecule has 0 aromatic heterocycles. The highest BCUT2D eigenvalue weighted by molar-refractivity contribution is 6.31. The van der Waals surface area contributed by atoms with Crippen LogP contribution >= 0.6 is 11.6 Å². The van der Waals surface area contributed by atoms with Crippen LogP contribution in [0.25, 0.3) is 0 Å². The molecule has 1 atom stereocenters. The summed E-state index contributed by atoms with van der Waals surface area (Å²) >= 11 is 6.02. The van der Waals surface area contributed by atoms with E-state index in [1.807, 2.05) is 57.2 Å². The van der Waals surface area contributed by atoms with Crippen molar-refractivity contribution in [2.75, 3.05) is 5.32 Å². The Hall–Kier alpha value is -2.33. The summed E-state index contributed by atoms with van der Waals surface area (Å²) in [5, 5.41) is 6.25. The molecule has 2 N–H and O–H groups in total. The fourth-order valence-corrected chi connectivity index (χ4v) is 2.64. The normalized spacial score (nSPS) is 11.9. The minimum absolute atomic E-state index is 0.151. The van der Waals surface area contributed by atoms with Crippen LogP contribution in [-0.4, -0.2) is 11.8 Å².